The Kier molecular flexibility index (Phi) is 6.86. The highest BCUT2D eigenvalue weighted by atomic mass is 79.9. The zero-order chi connectivity index (χ0) is 23.6. The summed E-state index contributed by atoms with van der Waals surface area (Å²) in [6, 6.07) is 7.41. The Hall–Kier alpha value is -2.70. The van der Waals surface area contributed by atoms with Gasteiger partial charge < -0.3 is 19.7 Å². The largest absolute Gasteiger partial charge is 0.497 e. The molecule has 1 saturated heterocycles. The minimum absolute atomic E-state index is 0.0968. The molecule has 0 bridgehead atoms. The fourth-order valence-corrected chi connectivity index (χ4v) is 4.11. The predicted molar refractivity (Wildman–Crippen MR) is 116 cm³/mol. The first-order chi connectivity index (χ1) is 15.8. The van der Waals surface area contributed by atoms with Crippen molar-refractivity contribution in [2.24, 2.45) is 0 Å². The van der Waals surface area contributed by atoms with Crippen LogP contribution in [-0.2, 0) is 10.9 Å². The van der Waals surface area contributed by atoms with Crippen molar-refractivity contribution in [3.05, 3.63) is 46.2 Å². The third-order valence-corrected chi connectivity index (χ3v) is 6.12. The van der Waals surface area contributed by atoms with Crippen LogP contribution in [0.4, 0.5) is 13.2 Å². The Morgan fingerprint density at radius 3 is 2.61 bits per heavy atom. The quantitative estimate of drug-likeness (QED) is 0.510. The first-order valence-electron chi connectivity index (χ1n) is 10.3. The summed E-state index contributed by atoms with van der Waals surface area (Å²) in [7, 11) is 1.50. The highest BCUT2D eigenvalue weighted by Gasteiger charge is 2.36. The second-order valence-electron chi connectivity index (χ2n) is 7.52. The molecule has 0 saturated carbocycles. The first-order valence-corrected chi connectivity index (χ1v) is 11.1. The molecule has 0 radical (unpaired) electrons. The molecule has 1 aromatic carbocycles. The van der Waals surface area contributed by atoms with Gasteiger partial charge in [-0.2, -0.15) is 18.3 Å². The zero-order valence-corrected chi connectivity index (χ0v) is 19.3. The second kappa shape index (κ2) is 9.65. The summed E-state index contributed by atoms with van der Waals surface area (Å²) in [5.41, 5.74) is -0.718. The van der Waals surface area contributed by atoms with Crippen molar-refractivity contribution in [3.8, 4) is 17.0 Å². The molecule has 4 rings (SSSR count). The number of carbonyl (C=O) groups excluding carboxylic acids is 1. The van der Waals surface area contributed by atoms with E-state index in [1.165, 1.54) is 12.0 Å². The molecule has 176 valence electrons. The topological polar surface area (TPSA) is 82.2 Å². The molecule has 1 fully saturated rings. The number of fused-ring (bicyclic) bond motifs is 1. The van der Waals surface area contributed by atoms with E-state index in [9.17, 15) is 18.0 Å². The Balaban J connectivity index is 1.64. The minimum atomic E-state index is -4.71. The van der Waals surface area contributed by atoms with E-state index in [4.69, 9.17) is 9.47 Å². The van der Waals surface area contributed by atoms with E-state index in [2.05, 4.69) is 31.3 Å². The van der Waals surface area contributed by atoms with Gasteiger partial charge >= 0.3 is 6.18 Å². The van der Waals surface area contributed by atoms with Gasteiger partial charge in [0.2, 0.25) is 0 Å². The fraction of sp³-hybridized carbons (Fsp3) is 0.381. The van der Waals surface area contributed by atoms with Crippen LogP contribution >= 0.6 is 15.9 Å². The SMILES string of the molecule is COc1ccc(-c2cc(C(F)(F)F)n3nc(C(=O)NCC[NH+]4CCOCC4)c(Br)c3n2)cc1. The molecule has 3 heterocycles. The van der Waals surface area contributed by atoms with Gasteiger partial charge in [0, 0.05) is 5.56 Å². The number of amides is 1. The first kappa shape index (κ1) is 23.5. The van der Waals surface area contributed by atoms with Gasteiger partial charge in [0.05, 0.1) is 43.6 Å². The third kappa shape index (κ3) is 5.12. The highest BCUT2D eigenvalue weighted by Crippen LogP contribution is 2.35. The van der Waals surface area contributed by atoms with Crippen LogP contribution < -0.4 is 15.0 Å². The van der Waals surface area contributed by atoms with Crippen molar-refractivity contribution in [2.75, 3.05) is 46.5 Å². The van der Waals surface area contributed by atoms with Crippen LogP contribution in [0.5, 0.6) is 5.75 Å². The summed E-state index contributed by atoms with van der Waals surface area (Å²) >= 11 is 3.24. The number of benzene rings is 1. The van der Waals surface area contributed by atoms with E-state index < -0.39 is 17.8 Å². The standard InChI is InChI=1S/C21H21BrF3N5O3/c1-32-14-4-2-13(3-5-14)15-12-16(21(23,24)25)30-19(27-15)17(22)18(28-30)20(31)26-6-7-29-8-10-33-11-9-29/h2-5,12H,6-11H2,1H3,(H,26,31)/p+1. The van der Waals surface area contributed by atoms with Crippen LogP contribution in [0.1, 0.15) is 16.2 Å². The lowest BCUT2D eigenvalue weighted by molar-refractivity contribution is -0.906. The molecule has 8 nitrogen and oxygen atoms in total. The molecule has 12 heteroatoms. The van der Waals surface area contributed by atoms with Gasteiger partial charge in [0.15, 0.2) is 17.0 Å². The Morgan fingerprint density at radius 2 is 1.97 bits per heavy atom. The van der Waals surface area contributed by atoms with Crippen LogP contribution in [0.25, 0.3) is 16.9 Å². The molecule has 1 amide bonds. The van der Waals surface area contributed by atoms with Crippen LogP contribution in [0.15, 0.2) is 34.8 Å². The van der Waals surface area contributed by atoms with Crippen molar-refractivity contribution < 1.29 is 32.3 Å². The molecular formula is C21H22BrF3N5O3+. The number of rotatable bonds is 6. The molecule has 33 heavy (non-hydrogen) atoms. The molecule has 1 aliphatic heterocycles. The number of morpholine rings is 1. The van der Waals surface area contributed by atoms with Crippen molar-refractivity contribution in [2.45, 2.75) is 6.18 Å². The maximum absolute atomic E-state index is 13.8. The molecule has 0 unspecified atom stereocenters. The zero-order valence-electron chi connectivity index (χ0n) is 17.7. The van der Waals surface area contributed by atoms with Gasteiger partial charge in [-0.3, -0.25) is 4.79 Å². The van der Waals surface area contributed by atoms with Crippen molar-refractivity contribution in [3.63, 3.8) is 0 Å². The third-order valence-electron chi connectivity index (χ3n) is 5.39. The highest BCUT2D eigenvalue weighted by molar-refractivity contribution is 9.10. The van der Waals surface area contributed by atoms with E-state index in [0.717, 1.165) is 19.2 Å². The van der Waals surface area contributed by atoms with Gasteiger partial charge in [-0.05, 0) is 46.3 Å². The molecule has 1 aliphatic rings. The minimum Gasteiger partial charge on any atom is -0.497 e. The van der Waals surface area contributed by atoms with Gasteiger partial charge in [-0.1, -0.05) is 0 Å². The number of nitrogens with one attached hydrogen (secondary N) is 2. The summed E-state index contributed by atoms with van der Waals surface area (Å²) < 4.78 is 52.7. The van der Waals surface area contributed by atoms with Gasteiger partial charge in [-0.15, -0.1) is 0 Å². The summed E-state index contributed by atoms with van der Waals surface area (Å²) in [5.74, 6) is -0.00145. The van der Waals surface area contributed by atoms with Gasteiger partial charge in [0.25, 0.3) is 5.91 Å². The maximum atomic E-state index is 13.8. The lowest BCUT2D eigenvalue weighted by atomic mass is 10.1. The van der Waals surface area contributed by atoms with Gasteiger partial charge in [-0.25, -0.2) is 9.50 Å². The number of aromatic nitrogens is 3. The number of hydrogen-bond donors (Lipinski definition) is 2. The Labute approximate surface area is 195 Å². The van der Waals surface area contributed by atoms with E-state index in [1.807, 2.05) is 0 Å². The number of nitrogens with zero attached hydrogens (tertiary/aromatic N) is 3. The Morgan fingerprint density at radius 1 is 1.27 bits per heavy atom. The smallest absolute Gasteiger partial charge is 0.433 e. The van der Waals surface area contributed by atoms with Crippen LogP contribution in [0.3, 0.4) is 0 Å². The number of carbonyl (C=O) groups is 1. The average Bonchev–Trinajstić information content (AvgIpc) is 3.15. The number of methoxy groups -OCH3 is 1. The Bertz CT molecular complexity index is 1140. The van der Waals surface area contributed by atoms with E-state index in [1.54, 1.807) is 24.3 Å². The lowest BCUT2D eigenvalue weighted by Crippen LogP contribution is -3.14. The normalized spacial score (nSPS) is 15.1. The number of halogens is 4. The second-order valence-corrected chi connectivity index (χ2v) is 8.31. The van der Waals surface area contributed by atoms with Crippen molar-refractivity contribution >= 4 is 27.5 Å². The van der Waals surface area contributed by atoms with Crippen molar-refractivity contribution in [1.82, 2.24) is 19.9 Å². The molecule has 0 spiro atoms. The van der Waals surface area contributed by atoms with Gasteiger partial charge in [0.1, 0.15) is 18.8 Å². The number of ether oxygens (including phenoxy) is 2. The number of alkyl halides is 3. The van der Waals surface area contributed by atoms with E-state index >= 15 is 0 Å². The van der Waals surface area contributed by atoms with E-state index in [-0.39, 0.29) is 21.5 Å². The summed E-state index contributed by atoms with van der Waals surface area (Å²) in [6.45, 7) is 4.09. The monoisotopic (exact) mass is 528 g/mol. The van der Waals surface area contributed by atoms with Crippen LogP contribution in [0.2, 0.25) is 0 Å². The summed E-state index contributed by atoms with van der Waals surface area (Å²) in [5, 5.41) is 6.67. The lowest BCUT2D eigenvalue weighted by Gasteiger charge is -2.23. The predicted octanol–water partition coefficient (Wildman–Crippen LogP) is 1.83. The molecule has 3 aromatic rings. The average molecular weight is 529 g/mol. The molecule has 2 N–H and O–H groups in total. The van der Waals surface area contributed by atoms with Crippen LogP contribution in [0, 0.1) is 0 Å². The number of hydrogen-bond acceptors (Lipinski definition) is 5. The van der Waals surface area contributed by atoms with E-state index in [0.29, 0.717) is 42.1 Å². The molecule has 0 aliphatic carbocycles. The molecule has 2 aromatic heterocycles. The fourth-order valence-electron chi connectivity index (χ4n) is 3.59. The molecular weight excluding hydrogens is 507 g/mol. The maximum Gasteiger partial charge on any atom is 0.433 e. The molecule has 0 atom stereocenters. The van der Waals surface area contributed by atoms with Crippen molar-refractivity contribution in [1.29, 1.82) is 0 Å². The summed E-state index contributed by atoms with van der Waals surface area (Å²) in [4.78, 5) is 18.3. The van der Waals surface area contributed by atoms with Crippen LogP contribution in [-0.4, -0.2) is 67.0 Å². The number of quaternary nitrogens is 1. The summed E-state index contributed by atoms with van der Waals surface area (Å²) in [6.07, 6.45) is -4.71.